The average Bonchev–Trinajstić information content (AvgIpc) is 2.94. The number of nitrogens with zero attached hydrogens (tertiary/aromatic N) is 3. The van der Waals surface area contributed by atoms with E-state index >= 15 is 0 Å². The summed E-state index contributed by atoms with van der Waals surface area (Å²) in [5.41, 5.74) is 7.93. The Kier molecular flexibility index (Phi) is 21.4. The van der Waals surface area contributed by atoms with Crippen molar-refractivity contribution in [1.29, 1.82) is 0 Å². The van der Waals surface area contributed by atoms with Gasteiger partial charge in [-0.25, -0.2) is 0 Å². The van der Waals surface area contributed by atoms with Crippen molar-refractivity contribution < 1.29 is 38.6 Å². The van der Waals surface area contributed by atoms with E-state index in [4.69, 9.17) is 10.3 Å². The molecule has 13 nitrogen and oxygen atoms in total. The van der Waals surface area contributed by atoms with Crippen molar-refractivity contribution in [1.82, 2.24) is 10.6 Å². The number of ketones is 3. The summed E-state index contributed by atoms with van der Waals surface area (Å²) >= 11 is 0. The molecule has 0 aromatic carbocycles. The first kappa shape index (κ1) is 39.7. The van der Waals surface area contributed by atoms with Crippen LogP contribution in [0.1, 0.15) is 111 Å². The van der Waals surface area contributed by atoms with Crippen LogP contribution in [0.15, 0.2) is 5.11 Å². The van der Waals surface area contributed by atoms with E-state index in [0.717, 1.165) is 0 Å². The van der Waals surface area contributed by atoms with Crippen LogP contribution < -0.4 is 10.6 Å². The van der Waals surface area contributed by atoms with Gasteiger partial charge in [-0.15, -0.1) is 0 Å². The third-order valence-corrected chi connectivity index (χ3v) is 6.90. The molecule has 0 fully saturated rings. The van der Waals surface area contributed by atoms with Crippen LogP contribution in [0.2, 0.25) is 0 Å². The Balaban J connectivity index is 4.66. The fraction of sp³-hybridized carbons (Fsp3) is 0.800. The highest BCUT2D eigenvalue weighted by Crippen LogP contribution is 2.17. The summed E-state index contributed by atoms with van der Waals surface area (Å²) in [5.74, 6) is -2.72. The molecule has 0 aliphatic carbocycles. The molecule has 0 saturated carbocycles. The van der Waals surface area contributed by atoms with Gasteiger partial charge in [-0.05, 0) is 50.5 Å². The molecule has 0 unspecified atom stereocenters. The van der Waals surface area contributed by atoms with Gasteiger partial charge in [0, 0.05) is 68.5 Å². The van der Waals surface area contributed by atoms with Crippen molar-refractivity contribution in [2.24, 2.45) is 16.4 Å². The molecular weight excluding hydrogens is 558 g/mol. The normalized spacial score (nSPS) is 12.5. The van der Waals surface area contributed by atoms with E-state index in [9.17, 15) is 33.9 Å². The predicted octanol–water partition coefficient (Wildman–Crippen LogP) is 4.46. The minimum absolute atomic E-state index is 0.00273. The number of nitrogens with one attached hydrogen (secondary N) is 2. The van der Waals surface area contributed by atoms with Crippen molar-refractivity contribution in [3.8, 4) is 0 Å². The number of carboxylic acid groups (broad SMARTS) is 1. The first-order valence-corrected chi connectivity index (χ1v) is 15.3. The molecule has 2 amide bonds. The molecule has 0 bridgehead atoms. The molecule has 3 N–H and O–H groups in total. The van der Waals surface area contributed by atoms with Crippen molar-refractivity contribution in [2.75, 3.05) is 26.3 Å². The summed E-state index contributed by atoms with van der Waals surface area (Å²) in [6.07, 6.45) is 4.00. The molecule has 0 spiro atoms. The lowest BCUT2D eigenvalue weighted by molar-refractivity contribution is -0.144. The number of amides is 2. The molecule has 0 aromatic heterocycles. The van der Waals surface area contributed by atoms with Gasteiger partial charge in [-0.2, -0.15) is 0 Å². The second kappa shape index (κ2) is 23.2. The molecule has 0 aliphatic rings. The quantitative estimate of drug-likeness (QED) is 0.0551. The van der Waals surface area contributed by atoms with Gasteiger partial charge in [0.15, 0.2) is 5.78 Å². The first-order chi connectivity index (χ1) is 20.3. The number of hydrogen-bond donors (Lipinski definition) is 3. The summed E-state index contributed by atoms with van der Waals surface area (Å²) in [5, 5.41) is 18.3. The van der Waals surface area contributed by atoms with E-state index in [1.165, 1.54) is 0 Å². The number of aliphatic carboxylic acids is 1. The van der Waals surface area contributed by atoms with Gasteiger partial charge in [0.1, 0.15) is 11.6 Å². The lowest BCUT2D eigenvalue weighted by atomic mass is 9.89. The topological polar surface area (TPSA) is 205 Å². The van der Waals surface area contributed by atoms with Crippen molar-refractivity contribution >= 4 is 35.1 Å². The zero-order valence-corrected chi connectivity index (χ0v) is 26.3. The van der Waals surface area contributed by atoms with Crippen molar-refractivity contribution in [3.05, 3.63) is 10.4 Å². The largest absolute Gasteiger partial charge is 0.481 e. The number of carboxylic acids is 1. The zero-order valence-electron chi connectivity index (χ0n) is 26.3. The Labute approximate surface area is 254 Å². The minimum atomic E-state index is -1.09. The number of unbranched alkanes of at least 4 members (excludes halogenated alkanes) is 2. The van der Waals surface area contributed by atoms with Crippen LogP contribution in [0.4, 0.5) is 0 Å². The highest BCUT2D eigenvalue weighted by molar-refractivity contribution is 5.89. The third kappa shape index (κ3) is 21.1. The van der Waals surface area contributed by atoms with Gasteiger partial charge in [0.25, 0.3) is 0 Å². The summed E-state index contributed by atoms with van der Waals surface area (Å²) in [6, 6.07) is -0.685. The van der Waals surface area contributed by atoms with E-state index in [-0.39, 0.29) is 67.7 Å². The molecule has 13 heteroatoms. The molecule has 0 aliphatic heterocycles. The van der Waals surface area contributed by atoms with Gasteiger partial charge in [-0.1, -0.05) is 32.8 Å². The molecule has 0 rings (SSSR count). The molecule has 244 valence electrons. The Hall–Kier alpha value is -3.31. The fourth-order valence-corrected chi connectivity index (χ4v) is 4.08. The van der Waals surface area contributed by atoms with Crippen LogP contribution in [0.25, 0.3) is 10.4 Å². The van der Waals surface area contributed by atoms with Crippen LogP contribution in [-0.4, -0.2) is 72.6 Å². The maximum Gasteiger partial charge on any atom is 0.306 e. The third-order valence-electron chi connectivity index (χ3n) is 6.90. The highest BCUT2D eigenvalue weighted by atomic mass is 16.5. The van der Waals surface area contributed by atoms with Crippen molar-refractivity contribution in [3.63, 3.8) is 0 Å². The summed E-state index contributed by atoms with van der Waals surface area (Å²) in [6.45, 7) is 8.48. The van der Waals surface area contributed by atoms with E-state index < -0.39 is 23.3 Å². The maximum atomic E-state index is 12.9. The smallest absolute Gasteiger partial charge is 0.306 e. The second-order valence-electron chi connectivity index (χ2n) is 11.7. The standard InChI is InChI=1S/C30H51N5O8/c1-5-23(36)21-22(29(41)42)14-15-27(39)32-17-8-6-11-24(34-28(40)13-7-9-18-33-35-31)25(37)12-10-19-43-20-16-26(38)30(2,3)4/h22,24H,5-21H2,1-4H3,(H,32,39)(H,34,40)(H,41,42)/t22-,24+/m0/s1. The fourth-order valence-electron chi connectivity index (χ4n) is 4.08. The second-order valence-corrected chi connectivity index (χ2v) is 11.7. The molecule has 2 atom stereocenters. The molecule has 0 aromatic rings. The summed E-state index contributed by atoms with van der Waals surface area (Å²) in [4.78, 5) is 75.1. The number of rotatable bonds is 26. The van der Waals surface area contributed by atoms with Crippen LogP contribution in [0.3, 0.4) is 0 Å². The first-order valence-electron chi connectivity index (χ1n) is 15.3. The van der Waals surface area contributed by atoms with Crippen LogP contribution in [0.5, 0.6) is 0 Å². The highest BCUT2D eigenvalue weighted by Gasteiger charge is 2.23. The Morgan fingerprint density at radius 1 is 0.884 bits per heavy atom. The zero-order chi connectivity index (χ0) is 32.7. The van der Waals surface area contributed by atoms with Crippen LogP contribution in [0, 0.1) is 11.3 Å². The minimum Gasteiger partial charge on any atom is -0.481 e. The Bertz CT molecular complexity index is 957. The number of ether oxygens (including phenoxy) is 1. The monoisotopic (exact) mass is 609 g/mol. The van der Waals surface area contributed by atoms with Gasteiger partial charge in [0.2, 0.25) is 11.8 Å². The van der Waals surface area contributed by atoms with Crippen LogP contribution in [-0.2, 0) is 33.5 Å². The van der Waals surface area contributed by atoms with Gasteiger partial charge >= 0.3 is 5.97 Å². The van der Waals surface area contributed by atoms with Gasteiger partial charge in [0.05, 0.1) is 18.6 Å². The molecule has 0 saturated heterocycles. The van der Waals surface area contributed by atoms with Gasteiger partial charge < -0.3 is 20.5 Å². The number of carbonyl (C=O) groups excluding carboxylic acids is 5. The number of carbonyl (C=O) groups is 6. The molecule has 0 heterocycles. The summed E-state index contributed by atoms with van der Waals surface area (Å²) in [7, 11) is 0. The van der Waals surface area contributed by atoms with E-state index in [1.807, 2.05) is 20.8 Å². The van der Waals surface area contributed by atoms with E-state index in [2.05, 4.69) is 20.7 Å². The Morgan fingerprint density at radius 2 is 1.60 bits per heavy atom. The Morgan fingerprint density at radius 3 is 2.23 bits per heavy atom. The summed E-state index contributed by atoms with van der Waals surface area (Å²) < 4.78 is 5.52. The predicted molar refractivity (Wildman–Crippen MR) is 161 cm³/mol. The number of azide groups is 1. The lowest BCUT2D eigenvalue weighted by Gasteiger charge is -2.18. The maximum absolute atomic E-state index is 12.9. The molecule has 43 heavy (non-hydrogen) atoms. The van der Waals surface area contributed by atoms with Gasteiger partial charge in [-0.3, -0.25) is 28.8 Å². The lowest BCUT2D eigenvalue weighted by Crippen LogP contribution is -2.41. The molecular formula is C30H51N5O8. The van der Waals surface area contributed by atoms with Crippen molar-refractivity contribution in [2.45, 2.75) is 117 Å². The van der Waals surface area contributed by atoms with E-state index in [0.29, 0.717) is 71.2 Å². The number of Topliss-reactive ketones (excluding diaryl/α,β-unsaturated/α-hetero) is 3. The average molecular weight is 610 g/mol. The molecule has 0 radical (unpaired) electrons. The SMILES string of the molecule is CCC(=O)C[C@H](CCC(=O)NCCCC[C@@H](NC(=O)CCCCN=[N+]=[N-])C(=O)CCCOCCC(=O)C(C)(C)C)C(=O)O. The number of hydrogen-bond acceptors (Lipinski definition) is 8. The van der Waals surface area contributed by atoms with E-state index in [1.54, 1.807) is 6.92 Å². The van der Waals surface area contributed by atoms with Crippen LogP contribution >= 0.6 is 0 Å².